The van der Waals surface area contributed by atoms with E-state index < -0.39 is 0 Å². The first kappa shape index (κ1) is 22.3. The molecular formula is C25H18BrCl2N3O. The third-order valence-corrected chi connectivity index (χ3v) is 6.04. The second kappa shape index (κ2) is 10.2. The molecular weight excluding hydrogens is 509 g/mol. The first-order chi connectivity index (χ1) is 15.5. The minimum Gasteiger partial charge on any atom is -0.304 e. The summed E-state index contributed by atoms with van der Waals surface area (Å²) in [5, 5.41) is 8.43. The Morgan fingerprint density at radius 1 is 0.969 bits per heavy atom. The van der Waals surface area contributed by atoms with Crippen LogP contribution in [-0.4, -0.2) is 15.7 Å². The summed E-state index contributed by atoms with van der Waals surface area (Å²) in [5.74, 6) is 0.186. The molecule has 0 aliphatic heterocycles. The van der Waals surface area contributed by atoms with E-state index in [-0.39, 0.29) is 5.91 Å². The van der Waals surface area contributed by atoms with E-state index in [1.165, 1.54) is 0 Å². The highest BCUT2D eigenvalue weighted by molar-refractivity contribution is 9.10. The number of nitrogens with zero attached hydrogens (tertiary/aromatic N) is 2. The quantitative estimate of drug-likeness (QED) is 0.213. The lowest BCUT2D eigenvalue weighted by Gasteiger charge is -2.09. The predicted octanol–water partition coefficient (Wildman–Crippen LogP) is 7.18. The number of anilines is 1. The van der Waals surface area contributed by atoms with Crippen molar-refractivity contribution in [3.8, 4) is 0 Å². The van der Waals surface area contributed by atoms with Crippen LogP contribution in [0, 0.1) is 0 Å². The topological polar surface area (TPSA) is 46.9 Å². The Kier molecular flexibility index (Phi) is 7.10. The molecule has 1 amide bonds. The van der Waals surface area contributed by atoms with E-state index in [9.17, 15) is 4.79 Å². The van der Waals surface area contributed by atoms with Crippen LogP contribution in [0.2, 0.25) is 10.0 Å². The number of carbonyl (C=O) groups excluding carboxylic acids is 1. The number of aromatic nitrogens is 2. The Morgan fingerprint density at radius 2 is 1.66 bits per heavy atom. The molecule has 0 radical (unpaired) electrons. The van der Waals surface area contributed by atoms with Crippen molar-refractivity contribution in [3.05, 3.63) is 116 Å². The molecule has 4 rings (SSSR count). The van der Waals surface area contributed by atoms with Gasteiger partial charge in [-0.05, 0) is 50.8 Å². The van der Waals surface area contributed by atoms with Crippen LogP contribution < -0.4 is 5.32 Å². The smallest absolute Gasteiger partial charge is 0.257 e. The van der Waals surface area contributed by atoms with Gasteiger partial charge in [0.15, 0.2) is 5.82 Å². The molecule has 0 fully saturated rings. The number of benzene rings is 3. The van der Waals surface area contributed by atoms with Crippen LogP contribution in [0.25, 0.3) is 11.6 Å². The Balaban J connectivity index is 1.58. The van der Waals surface area contributed by atoms with Crippen LogP contribution in [0.1, 0.15) is 16.7 Å². The van der Waals surface area contributed by atoms with Crippen LogP contribution >= 0.6 is 39.1 Å². The van der Waals surface area contributed by atoms with Gasteiger partial charge in [-0.3, -0.25) is 9.48 Å². The predicted molar refractivity (Wildman–Crippen MR) is 135 cm³/mol. The van der Waals surface area contributed by atoms with Crippen LogP contribution in [0.3, 0.4) is 0 Å². The van der Waals surface area contributed by atoms with Crippen molar-refractivity contribution in [1.82, 2.24) is 9.78 Å². The summed E-state index contributed by atoms with van der Waals surface area (Å²) in [4.78, 5) is 13.2. The molecule has 0 aliphatic carbocycles. The Morgan fingerprint density at radius 3 is 2.34 bits per heavy atom. The second-order valence-corrected chi connectivity index (χ2v) is 8.73. The van der Waals surface area contributed by atoms with E-state index in [0.717, 1.165) is 16.7 Å². The molecule has 7 heteroatoms. The fourth-order valence-electron chi connectivity index (χ4n) is 3.18. The monoisotopic (exact) mass is 525 g/mol. The SMILES string of the molecule is O=C(Nc1nn(Cc2ccc(Cl)c(Cl)c2)cc1Br)/C(=C\c1ccccc1)c1ccccc1. The first-order valence-electron chi connectivity index (χ1n) is 9.80. The number of amides is 1. The van der Waals surface area contributed by atoms with E-state index in [2.05, 4.69) is 26.3 Å². The van der Waals surface area contributed by atoms with Gasteiger partial charge in [-0.15, -0.1) is 0 Å². The Hall–Kier alpha value is -2.86. The molecule has 4 aromatic rings. The molecule has 0 bridgehead atoms. The highest BCUT2D eigenvalue weighted by Gasteiger charge is 2.16. The highest BCUT2D eigenvalue weighted by atomic mass is 79.9. The maximum absolute atomic E-state index is 13.2. The standard InChI is InChI=1S/C25H18BrCl2N3O/c26-21-16-31(15-18-11-12-22(27)23(28)14-18)30-24(21)29-25(32)20(19-9-5-2-6-10-19)13-17-7-3-1-4-8-17/h1-14,16H,15H2,(H,29,30,32)/b20-13-. The van der Waals surface area contributed by atoms with E-state index in [1.54, 1.807) is 23.0 Å². The van der Waals surface area contributed by atoms with Gasteiger partial charge in [-0.2, -0.15) is 5.10 Å². The largest absolute Gasteiger partial charge is 0.304 e. The van der Waals surface area contributed by atoms with Gasteiger partial charge in [0.1, 0.15) is 0 Å². The third-order valence-electron chi connectivity index (χ3n) is 4.72. The van der Waals surface area contributed by atoms with Crippen molar-refractivity contribution in [2.75, 3.05) is 5.32 Å². The summed E-state index contributed by atoms with van der Waals surface area (Å²) < 4.78 is 2.40. The number of hydrogen-bond acceptors (Lipinski definition) is 2. The average molecular weight is 527 g/mol. The Bertz CT molecular complexity index is 1270. The second-order valence-electron chi connectivity index (χ2n) is 7.06. The Labute approximate surface area is 204 Å². The van der Waals surface area contributed by atoms with Crippen molar-refractivity contribution in [1.29, 1.82) is 0 Å². The number of nitrogens with one attached hydrogen (secondary N) is 1. The molecule has 4 nitrogen and oxygen atoms in total. The van der Waals surface area contributed by atoms with Crippen LogP contribution in [0.5, 0.6) is 0 Å². The number of hydrogen-bond donors (Lipinski definition) is 1. The summed E-state index contributed by atoms with van der Waals surface area (Å²) in [6.45, 7) is 0.483. The van der Waals surface area contributed by atoms with E-state index in [4.69, 9.17) is 23.2 Å². The maximum atomic E-state index is 13.2. The highest BCUT2D eigenvalue weighted by Crippen LogP contribution is 2.26. The molecule has 160 valence electrons. The van der Waals surface area contributed by atoms with Gasteiger partial charge in [0.2, 0.25) is 0 Å². The van der Waals surface area contributed by atoms with Gasteiger partial charge < -0.3 is 5.32 Å². The molecule has 0 saturated heterocycles. The fourth-order valence-corrected chi connectivity index (χ4v) is 3.91. The lowest BCUT2D eigenvalue weighted by atomic mass is 10.0. The van der Waals surface area contributed by atoms with Crippen molar-refractivity contribution in [2.24, 2.45) is 0 Å². The summed E-state index contributed by atoms with van der Waals surface area (Å²) >= 11 is 15.6. The van der Waals surface area contributed by atoms with E-state index in [0.29, 0.717) is 32.5 Å². The van der Waals surface area contributed by atoms with E-state index in [1.807, 2.05) is 72.8 Å². The third kappa shape index (κ3) is 5.49. The van der Waals surface area contributed by atoms with Gasteiger partial charge >= 0.3 is 0 Å². The number of rotatable bonds is 6. The average Bonchev–Trinajstić information content (AvgIpc) is 3.14. The number of carbonyl (C=O) groups is 1. The summed E-state index contributed by atoms with van der Waals surface area (Å²) in [7, 11) is 0. The molecule has 0 spiro atoms. The number of halogens is 3. The molecule has 1 N–H and O–H groups in total. The molecule has 1 heterocycles. The van der Waals surface area contributed by atoms with Gasteiger partial charge in [0.05, 0.1) is 21.1 Å². The van der Waals surface area contributed by atoms with Crippen molar-refractivity contribution in [3.63, 3.8) is 0 Å². The van der Waals surface area contributed by atoms with Gasteiger partial charge in [-0.1, -0.05) is 89.9 Å². The molecule has 32 heavy (non-hydrogen) atoms. The van der Waals surface area contributed by atoms with Crippen molar-refractivity contribution < 1.29 is 4.79 Å². The lowest BCUT2D eigenvalue weighted by molar-refractivity contribution is -0.111. The van der Waals surface area contributed by atoms with Gasteiger partial charge in [-0.25, -0.2) is 0 Å². The molecule has 0 unspecified atom stereocenters. The van der Waals surface area contributed by atoms with Gasteiger partial charge in [0, 0.05) is 11.8 Å². The lowest BCUT2D eigenvalue weighted by Crippen LogP contribution is -2.15. The van der Waals surface area contributed by atoms with Crippen molar-refractivity contribution in [2.45, 2.75) is 6.54 Å². The van der Waals surface area contributed by atoms with Crippen LogP contribution in [0.4, 0.5) is 5.82 Å². The zero-order chi connectivity index (χ0) is 22.5. The molecule has 0 saturated carbocycles. The normalized spacial score (nSPS) is 11.4. The van der Waals surface area contributed by atoms with E-state index >= 15 is 0 Å². The van der Waals surface area contributed by atoms with Gasteiger partial charge in [0.25, 0.3) is 5.91 Å². The molecule has 0 aliphatic rings. The zero-order valence-corrected chi connectivity index (χ0v) is 19.9. The van der Waals surface area contributed by atoms with Crippen LogP contribution in [-0.2, 0) is 11.3 Å². The first-order valence-corrected chi connectivity index (χ1v) is 11.3. The molecule has 3 aromatic carbocycles. The summed E-state index contributed by atoms with van der Waals surface area (Å²) in [6.07, 6.45) is 3.67. The zero-order valence-electron chi connectivity index (χ0n) is 16.8. The summed E-state index contributed by atoms with van der Waals surface area (Å²) in [5.41, 5.74) is 3.25. The van der Waals surface area contributed by atoms with Crippen molar-refractivity contribution >= 4 is 62.5 Å². The fraction of sp³-hybridized carbons (Fsp3) is 0.0400. The minimum absolute atomic E-state index is 0.249. The van der Waals surface area contributed by atoms with Crippen LogP contribution in [0.15, 0.2) is 89.5 Å². The summed E-state index contributed by atoms with van der Waals surface area (Å²) in [6, 6.07) is 24.7. The molecule has 1 aromatic heterocycles. The maximum Gasteiger partial charge on any atom is 0.257 e. The minimum atomic E-state index is -0.249. The molecule has 0 atom stereocenters.